The second kappa shape index (κ2) is 4.93. The molecule has 0 fully saturated rings. The zero-order valence-electron chi connectivity index (χ0n) is 8.31. The molecule has 0 saturated heterocycles. The van der Waals surface area contributed by atoms with Crippen molar-refractivity contribution in [1.82, 2.24) is 0 Å². The number of carboxylic acid groups (broad SMARTS) is 1. The van der Waals surface area contributed by atoms with E-state index < -0.39 is 11.6 Å². The highest BCUT2D eigenvalue weighted by atomic mass is 16.5. The Morgan fingerprint density at radius 1 is 1.40 bits per heavy atom. The predicted octanol–water partition coefficient (Wildman–Crippen LogP) is 0.475. The van der Waals surface area contributed by atoms with Crippen LogP contribution in [0.25, 0.3) is 0 Å². The van der Waals surface area contributed by atoms with Crippen LogP contribution < -0.4 is 0 Å². The monoisotopic (exact) mass is 214 g/mol. The van der Waals surface area contributed by atoms with E-state index >= 15 is 0 Å². The average Bonchev–Trinajstić information content (AvgIpc) is 2.64. The number of hydrogen-bond donors (Lipinski definition) is 2. The Hall–Kier alpha value is -1.36. The van der Waals surface area contributed by atoms with Gasteiger partial charge in [0, 0.05) is 19.3 Å². The highest BCUT2D eigenvalue weighted by molar-refractivity contribution is 5.83. The molecule has 1 atom stereocenters. The van der Waals surface area contributed by atoms with Crippen LogP contribution in [0.15, 0.2) is 12.3 Å². The zero-order chi connectivity index (χ0) is 11.3. The number of ketones is 1. The molecule has 84 valence electrons. The molecule has 2 N–H and O–H groups in total. The molecule has 0 aromatic carbocycles. The molecule has 1 aliphatic rings. The molecule has 5 heteroatoms. The summed E-state index contributed by atoms with van der Waals surface area (Å²) in [5.74, 6) is -1.19. The minimum atomic E-state index is -0.994. The van der Waals surface area contributed by atoms with Gasteiger partial charge in [0.25, 0.3) is 0 Å². The first-order chi connectivity index (χ1) is 7.08. The first-order valence-corrected chi connectivity index (χ1v) is 4.75. The fourth-order valence-corrected chi connectivity index (χ4v) is 1.47. The maximum atomic E-state index is 11.4. The molecule has 0 amide bonds. The lowest BCUT2D eigenvalue weighted by atomic mass is 9.93. The van der Waals surface area contributed by atoms with Crippen LogP contribution in [0.5, 0.6) is 0 Å². The quantitative estimate of drug-likeness (QED) is 0.671. The first-order valence-electron chi connectivity index (χ1n) is 4.75. The van der Waals surface area contributed by atoms with Gasteiger partial charge in [-0.1, -0.05) is 0 Å². The molecule has 0 aromatic heterocycles. The largest absolute Gasteiger partial charge is 0.492 e. The van der Waals surface area contributed by atoms with E-state index in [2.05, 4.69) is 0 Å². The molecule has 15 heavy (non-hydrogen) atoms. The van der Waals surface area contributed by atoms with Crippen LogP contribution in [0.3, 0.4) is 0 Å². The molecule has 1 unspecified atom stereocenters. The average molecular weight is 214 g/mol. The van der Waals surface area contributed by atoms with Gasteiger partial charge in [-0.3, -0.25) is 9.59 Å². The molecule has 1 heterocycles. The maximum absolute atomic E-state index is 11.4. The van der Waals surface area contributed by atoms with Crippen molar-refractivity contribution in [2.24, 2.45) is 0 Å². The van der Waals surface area contributed by atoms with Gasteiger partial charge in [0.2, 0.25) is 0 Å². The molecule has 0 spiro atoms. The van der Waals surface area contributed by atoms with E-state index in [4.69, 9.17) is 14.9 Å². The molecule has 0 aliphatic carbocycles. The van der Waals surface area contributed by atoms with Crippen molar-refractivity contribution < 1.29 is 24.5 Å². The second-order valence-electron chi connectivity index (χ2n) is 3.64. The third-order valence-electron chi connectivity index (χ3n) is 2.33. The summed E-state index contributed by atoms with van der Waals surface area (Å²) in [6.45, 7) is -0.237. The van der Waals surface area contributed by atoms with Gasteiger partial charge >= 0.3 is 5.97 Å². The van der Waals surface area contributed by atoms with Gasteiger partial charge in [0.1, 0.15) is 11.4 Å². The van der Waals surface area contributed by atoms with E-state index in [0.29, 0.717) is 6.42 Å². The lowest BCUT2D eigenvalue weighted by molar-refractivity contribution is -0.139. The van der Waals surface area contributed by atoms with Crippen LogP contribution in [0, 0.1) is 0 Å². The Kier molecular flexibility index (Phi) is 3.85. The number of rotatable bonds is 6. The van der Waals surface area contributed by atoms with Crippen LogP contribution in [0.4, 0.5) is 0 Å². The predicted molar refractivity (Wildman–Crippen MR) is 51.2 cm³/mol. The molecule has 1 aliphatic heterocycles. The smallest absolute Gasteiger partial charge is 0.303 e. The minimum Gasteiger partial charge on any atom is -0.492 e. The number of aliphatic hydroxyl groups excluding tert-OH is 1. The Balaban J connectivity index is 2.39. The second-order valence-corrected chi connectivity index (χ2v) is 3.64. The fourth-order valence-electron chi connectivity index (χ4n) is 1.47. The Morgan fingerprint density at radius 2 is 2.13 bits per heavy atom. The lowest BCUT2D eigenvalue weighted by Gasteiger charge is -2.25. The van der Waals surface area contributed by atoms with Gasteiger partial charge < -0.3 is 14.9 Å². The number of carbonyl (C=O) groups excluding carboxylic acids is 1. The Labute approximate surface area is 87.4 Å². The lowest BCUT2D eigenvalue weighted by Crippen LogP contribution is -2.35. The van der Waals surface area contributed by atoms with E-state index in [1.807, 2.05) is 0 Å². The van der Waals surface area contributed by atoms with Crippen LogP contribution in [-0.2, 0) is 14.3 Å². The molecule has 0 aromatic rings. The number of hydrogen-bond acceptors (Lipinski definition) is 4. The Bertz CT molecular complexity index is 274. The van der Waals surface area contributed by atoms with E-state index in [-0.39, 0.29) is 31.7 Å². The zero-order valence-corrected chi connectivity index (χ0v) is 8.31. The van der Waals surface area contributed by atoms with Crippen molar-refractivity contribution >= 4 is 11.8 Å². The van der Waals surface area contributed by atoms with Gasteiger partial charge in [0.05, 0.1) is 19.3 Å². The topological polar surface area (TPSA) is 83.8 Å². The molecule has 0 radical (unpaired) electrons. The number of aliphatic hydroxyl groups is 1. The van der Waals surface area contributed by atoms with E-state index in [0.717, 1.165) is 0 Å². The summed E-state index contributed by atoms with van der Waals surface area (Å²) in [5, 5.41) is 17.5. The minimum absolute atomic E-state index is 0.0134. The highest BCUT2D eigenvalue weighted by Gasteiger charge is 2.34. The standard InChI is InChI=1S/C10H14O5/c11-7-10(4-1-5-15-10)6-8(12)2-3-9(13)14/h1,5,11H,2-4,6-7H2,(H,13,14). The molecule has 5 nitrogen and oxygen atoms in total. The third-order valence-corrected chi connectivity index (χ3v) is 2.33. The van der Waals surface area contributed by atoms with Gasteiger partial charge in [0.15, 0.2) is 0 Å². The number of carboxylic acids is 1. The first kappa shape index (κ1) is 11.7. The number of aliphatic carboxylic acids is 1. The van der Waals surface area contributed by atoms with Crippen molar-refractivity contribution in [3.8, 4) is 0 Å². The molecule has 1 rings (SSSR count). The highest BCUT2D eigenvalue weighted by Crippen LogP contribution is 2.27. The van der Waals surface area contributed by atoms with Crippen LogP contribution in [-0.4, -0.2) is 34.2 Å². The van der Waals surface area contributed by atoms with Gasteiger partial charge in [-0.15, -0.1) is 0 Å². The van der Waals surface area contributed by atoms with E-state index in [1.54, 1.807) is 6.08 Å². The summed E-state index contributed by atoms with van der Waals surface area (Å²) in [6, 6.07) is 0. The van der Waals surface area contributed by atoms with Gasteiger partial charge in [-0.2, -0.15) is 0 Å². The number of carbonyl (C=O) groups is 2. The molecular weight excluding hydrogens is 200 g/mol. The Morgan fingerprint density at radius 3 is 2.60 bits per heavy atom. The third kappa shape index (κ3) is 3.36. The maximum Gasteiger partial charge on any atom is 0.303 e. The summed E-state index contributed by atoms with van der Waals surface area (Å²) in [4.78, 5) is 21.6. The number of ether oxygens (including phenoxy) is 1. The normalized spacial score (nSPS) is 23.8. The summed E-state index contributed by atoms with van der Waals surface area (Å²) in [5.41, 5.74) is -0.852. The van der Waals surface area contributed by atoms with Gasteiger partial charge in [-0.05, 0) is 6.08 Å². The SMILES string of the molecule is O=C(O)CCC(=O)CC1(CO)CC=CO1. The molecular formula is C10H14O5. The fraction of sp³-hybridized carbons (Fsp3) is 0.600. The molecule has 0 saturated carbocycles. The van der Waals surface area contributed by atoms with Crippen molar-refractivity contribution in [3.63, 3.8) is 0 Å². The van der Waals surface area contributed by atoms with Crippen LogP contribution in [0.1, 0.15) is 25.7 Å². The number of Topliss-reactive ketones (excluding diaryl/α,β-unsaturated/α-hetero) is 1. The molecule has 0 bridgehead atoms. The van der Waals surface area contributed by atoms with E-state index in [1.165, 1.54) is 6.26 Å². The van der Waals surface area contributed by atoms with Crippen LogP contribution in [0.2, 0.25) is 0 Å². The van der Waals surface area contributed by atoms with Crippen molar-refractivity contribution in [1.29, 1.82) is 0 Å². The van der Waals surface area contributed by atoms with E-state index in [9.17, 15) is 9.59 Å². The van der Waals surface area contributed by atoms with Crippen molar-refractivity contribution in [3.05, 3.63) is 12.3 Å². The summed E-state index contributed by atoms with van der Waals surface area (Å²) >= 11 is 0. The van der Waals surface area contributed by atoms with Crippen LogP contribution >= 0.6 is 0 Å². The summed E-state index contributed by atoms with van der Waals surface area (Å²) in [7, 11) is 0. The van der Waals surface area contributed by atoms with Gasteiger partial charge in [-0.25, -0.2) is 0 Å². The summed E-state index contributed by atoms with van der Waals surface area (Å²) in [6.07, 6.45) is 3.56. The van der Waals surface area contributed by atoms with Crippen molar-refractivity contribution in [2.75, 3.05) is 6.61 Å². The van der Waals surface area contributed by atoms with Crippen molar-refractivity contribution in [2.45, 2.75) is 31.3 Å². The summed E-state index contributed by atoms with van der Waals surface area (Å²) < 4.78 is 5.17.